The summed E-state index contributed by atoms with van der Waals surface area (Å²) in [6, 6.07) is 7.15. The molecule has 2 N–H and O–H groups in total. The zero-order valence-corrected chi connectivity index (χ0v) is 19.2. The molecule has 0 saturated carbocycles. The van der Waals surface area contributed by atoms with Crippen molar-refractivity contribution in [3.8, 4) is 0 Å². The maximum absolute atomic E-state index is 13.9. The van der Waals surface area contributed by atoms with Crippen molar-refractivity contribution in [1.29, 1.82) is 0 Å². The van der Waals surface area contributed by atoms with Gasteiger partial charge in [0.15, 0.2) is 6.10 Å². The molecule has 0 aromatic heterocycles. The first-order valence-corrected chi connectivity index (χ1v) is 11.8. The Hall–Kier alpha value is -3.34. The fourth-order valence-electron chi connectivity index (χ4n) is 2.88. The van der Waals surface area contributed by atoms with Crippen LogP contribution < -0.4 is 10.0 Å². The summed E-state index contributed by atoms with van der Waals surface area (Å²) in [6.07, 6.45) is -0.257. The monoisotopic (exact) mass is 482 g/mol. The van der Waals surface area contributed by atoms with Crippen molar-refractivity contribution in [3.05, 3.63) is 65.2 Å². The van der Waals surface area contributed by atoms with Crippen molar-refractivity contribution >= 4 is 33.4 Å². The van der Waals surface area contributed by atoms with E-state index in [-0.39, 0.29) is 11.3 Å². The number of esters is 1. The minimum atomic E-state index is -3.48. The van der Waals surface area contributed by atoms with Gasteiger partial charge in [-0.25, -0.2) is 22.0 Å². The number of ether oxygens (including phenoxy) is 1. The van der Waals surface area contributed by atoms with Crippen LogP contribution in [0.4, 0.5) is 14.5 Å². The number of hydrogen-bond acceptors (Lipinski definition) is 6. The first-order chi connectivity index (χ1) is 15.3. The van der Waals surface area contributed by atoms with Gasteiger partial charge >= 0.3 is 5.97 Å². The zero-order valence-electron chi connectivity index (χ0n) is 18.4. The highest BCUT2D eigenvalue weighted by molar-refractivity contribution is 7.92. The molecule has 2 aromatic rings. The number of Topliss-reactive ketones (excluding diaryl/α,β-unsaturated/α-hetero) is 1. The van der Waals surface area contributed by atoms with Crippen LogP contribution in [0, 0.1) is 17.6 Å². The first kappa shape index (κ1) is 25.9. The standard InChI is InChI=1S/C22H24F2N2O6S/c1-12(2)19(25-21(28)18-16(23)6-5-7-17(18)24)22(29)32-13(3)20(27)14-8-10-15(11-9-14)26-33(4,30)31/h5-13,19,26H,1-4H3,(H,25,28)/t13-,19-/m0/s1. The van der Waals surface area contributed by atoms with Gasteiger partial charge in [-0.1, -0.05) is 19.9 Å². The Morgan fingerprint density at radius 1 is 0.939 bits per heavy atom. The van der Waals surface area contributed by atoms with Gasteiger partial charge in [-0.3, -0.25) is 14.3 Å². The Balaban J connectivity index is 2.10. The SMILES string of the molecule is CC(C)[C@H](NC(=O)c1c(F)cccc1F)C(=O)O[C@@H](C)C(=O)c1ccc(NS(C)(=O)=O)cc1. The first-order valence-electron chi connectivity index (χ1n) is 9.87. The van der Waals surface area contributed by atoms with Crippen LogP contribution in [-0.2, 0) is 19.6 Å². The lowest BCUT2D eigenvalue weighted by molar-refractivity contribution is -0.149. The van der Waals surface area contributed by atoms with Crippen molar-refractivity contribution in [1.82, 2.24) is 5.32 Å². The molecule has 2 aromatic carbocycles. The lowest BCUT2D eigenvalue weighted by atomic mass is 10.0. The summed E-state index contributed by atoms with van der Waals surface area (Å²) in [5.74, 6) is -5.33. The quantitative estimate of drug-likeness (QED) is 0.419. The molecule has 0 spiro atoms. The second-order valence-electron chi connectivity index (χ2n) is 7.69. The molecule has 0 radical (unpaired) electrons. The summed E-state index contributed by atoms with van der Waals surface area (Å²) < 4.78 is 57.7. The normalized spacial score (nSPS) is 13.2. The van der Waals surface area contributed by atoms with Crippen LogP contribution in [-0.4, -0.2) is 44.5 Å². The molecule has 8 nitrogen and oxygen atoms in total. The average molecular weight is 483 g/mol. The number of hydrogen-bond donors (Lipinski definition) is 2. The van der Waals surface area contributed by atoms with E-state index >= 15 is 0 Å². The van der Waals surface area contributed by atoms with Crippen molar-refractivity contribution in [3.63, 3.8) is 0 Å². The molecule has 2 rings (SSSR count). The lowest BCUT2D eigenvalue weighted by Crippen LogP contribution is -2.47. The van der Waals surface area contributed by atoms with Gasteiger partial charge in [-0.2, -0.15) is 0 Å². The van der Waals surface area contributed by atoms with Crippen molar-refractivity contribution in [2.24, 2.45) is 5.92 Å². The van der Waals surface area contributed by atoms with E-state index in [1.54, 1.807) is 13.8 Å². The molecular weight excluding hydrogens is 458 g/mol. The van der Waals surface area contributed by atoms with Gasteiger partial charge in [0.2, 0.25) is 15.8 Å². The molecule has 0 unspecified atom stereocenters. The maximum Gasteiger partial charge on any atom is 0.329 e. The van der Waals surface area contributed by atoms with Crippen molar-refractivity contribution in [2.75, 3.05) is 11.0 Å². The molecule has 11 heteroatoms. The summed E-state index contributed by atoms with van der Waals surface area (Å²) in [4.78, 5) is 37.6. The predicted octanol–water partition coefficient (Wildman–Crippen LogP) is 2.91. The van der Waals surface area contributed by atoms with Gasteiger partial charge in [0.1, 0.15) is 23.2 Å². The number of anilines is 1. The molecule has 1 amide bonds. The minimum Gasteiger partial charge on any atom is -0.453 e. The van der Waals surface area contributed by atoms with E-state index in [1.807, 2.05) is 0 Å². The summed E-state index contributed by atoms with van der Waals surface area (Å²) in [5, 5.41) is 2.26. The largest absolute Gasteiger partial charge is 0.453 e. The molecule has 0 aliphatic heterocycles. The van der Waals surface area contributed by atoms with E-state index in [1.165, 1.54) is 31.2 Å². The van der Waals surface area contributed by atoms with E-state index in [9.17, 15) is 31.6 Å². The topological polar surface area (TPSA) is 119 Å². The molecule has 0 aliphatic carbocycles. The van der Waals surface area contributed by atoms with Gasteiger partial charge in [-0.05, 0) is 49.2 Å². The van der Waals surface area contributed by atoms with Gasteiger partial charge < -0.3 is 10.1 Å². The highest BCUT2D eigenvalue weighted by Gasteiger charge is 2.31. The van der Waals surface area contributed by atoms with E-state index < -0.39 is 62.9 Å². The Morgan fingerprint density at radius 2 is 1.48 bits per heavy atom. The Kier molecular flexibility index (Phi) is 8.26. The molecule has 0 fully saturated rings. The molecule has 0 heterocycles. The number of halogens is 2. The highest BCUT2D eigenvalue weighted by Crippen LogP contribution is 2.16. The second-order valence-corrected chi connectivity index (χ2v) is 9.44. The molecule has 2 atom stereocenters. The van der Waals surface area contributed by atoms with Gasteiger partial charge in [0.25, 0.3) is 5.91 Å². The number of ketones is 1. The molecule has 0 aliphatic rings. The number of rotatable bonds is 9. The van der Waals surface area contributed by atoms with E-state index in [0.717, 1.165) is 24.5 Å². The number of sulfonamides is 1. The third kappa shape index (κ3) is 7.07. The third-order valence-electron chi connectivity index (χ3n) is 4.53. The summed E-state index contributed by atoms with van der Waals surface area (Å²) in [5.41, 5.74) is -0.419. The van der Waals surface area contributed by atoms with Gasteiger partial charge in [0, 0.05) is 11.3 Å². The highest BCUT2D eigenvalue weighted by atomic mass is 32.2. The average Bonchev–Trinajstić information content (AvgIpc) is 2.70. The predicted molar refractivity (Wildman–Crippen MR) is 117 cm³/mol. The van der Waals surface area contributed by atoms with E-state index in [2.05, 4.69) is 10.0 Å². The molecule has 0 bridgehead atoms. The van der Waals surface area contributed by atoms with Crippen molar-refractivity contribution in [2.45, 2.75) is 32.9 Å². The van der Waals surface area contributed by atoms with Crippen LogP contribution >= 0.6 is 0 Å². The van der Waals surface area contributed by atoms with Crippen LogP contribution in [0.25, 0.3) is 0 Å². The minimum absolute atomic E-state index is 0.160. The summed E-state index contributed by atoms with van der Waals surface area (Å²) >= 11 is 0. The number of carbonyl (C=O) groups is 3. The molecule has 0 saturated heterocycles. The van der Waals surface area contributed by atoms with Crippen LogP contribution in [0.15, 0.2) is 42.5 Å². The lowest BCUT2D eigenvalue weighted by Gasteiger charge is -2.23. The number of carbonyl (C=O) groups excluding carboxylic acids is 3. The smallest absolute Gasteiger partial charge is 0.329 e. The number of amides is 1. The maximum atomic E-state index is 13.9. The van der Waals surface area contributed by atoms with Crippen LogP contribution in [0.5, 0.6) is 0 Å². The Morgan fingerprint density at radius 3 is 1.97 bits per heavy atom. The Labute approximate surface area is 190 Å². The van der Waals surface area contributed by atoms with E-state index in [4.69, 9.17) is 4.74 Å². The summed E-state index contributed by atoms with van der Waals surface area (Å²) in [7, 11) is -3.48. The Bertz CT molecular complexity index is 1130. The van der Waals surface area contributed by atoms with Crippen LogP contribution in [0.2, 0.25) is 0 Å². The second kappa shape index (κ2) is 10.5. The number of benzene rings is 2. The molecular formula is C22H24F2N2O6S. The van der Waals surface area contributed by atoms with Crippen molar-refractivity contribution < 1.29 is 36.3 Å². The van der Waals surface area contributed by atoms with E-state index in [0.29, 0.717) is 0 Å². The fourth-order valence-corrected chi connectivity index (χ4v) is 3.44. The van der Waals surface area contributed by atoms with Crippen LogP contribution in [0.1, 0.15) is 41.5 Å². The third-order valence-corrected chi connectivity index (χ3v) is 5.14. The molecule has 33 heavy (non-hydrogen) atoms. The van der Waals surface area contributed by atoms with Gasteiger partial charge in [0.05, 0.1) is 6.26 Å². The summed E-state index contributed by atoms with van der Waals surface area (Å²) in [6.45, 7) is 4.51. The number of nitrogens with one attached hydrogen (secondary N) is 2. The van der Waals surface area contributed by atoms with Crippen LogP contribution in [0.3, 0.4) is 0 Å². The van der Waals surface area contributed by atoms with Gasteiger partial charge in [-0.15, -0.1) is 0 Å². The fraction of sp³-hybridized carbons (Fsp3) is 0.318. The molecule has 178 valence electrons. The zero-order chi connectivity index (χ0) is 24.9.